The molecule has 1 N–H and O–H groups in total. The van der Waals surface area contributed by atoms with Crippen molar-refractivity contribution >= 4 is 17.4 Å². The number of hydrogen-bond acceptors (Lipinski definition) is 3. The minimum Gasteiger partial charge on any atom is -0.463 e. The van der Waals surface area contributed by atoms with Crippen molar-refractivity contribution in [2.24, 2.45) is 0 Å². The van der Waals surface area contributed by atoms with Crippen molar-refractivity contribution in [2.75, 3.05) is 5.32 Å². The fourth-order valence-electron chi connectivity index (χ4n) is 1.58. The molecule has 0 saturated carbocycles. The summed E-state index contributed by atoms with van der Waals surface area (Å²) in [5.41, 5.74) is -0.214. The molecule has 21 heavy (non-hydrogen) atoms. The van der Waals surface area contributed by atoms with Crippen LogP contribution in [0.15, 0.2) is 28.7 Å². The lowest BCUT2D eigenvalue weighted by molar-refractivity contribution is 0.251. The molecule has 2 nitrogen and oxygen atoms in total. The van der Waals surface area contributed by atoms with Crippen LogP contribution in [0.4, 0.5) is 27.6 Å². The summed E-state index contributed by atoms with van der Waals surface area (Å²) in [4.78, 5) is 0. The van der Waals surface area contributed by atoms with Crippen molar-refractivity contribution in [3.05, 3.63) is 53.2 Å². The molecule has 2 aromatic rings. The second-order valence-electron chi connectivity index (χ2n) is 4.02. The molecule has 0 atom stereocenters. The molecule has 0 fully saturated rings. The Morgan fingerprint density at radius 2 is 1.71 bits per heavy atom. The van der Waals surface area contributed by atoms with E-state index in [1.165, 1.54) is 12.1 Å². The van der Waals surface area contributed by atoms with E-state index < -0.39 is 23.2 Å². The maximum absolute atomic E-state index is 13.4. The molecule has 0 amide bonds. The van der Waals surface area contributed by atoms with E-state index in [-0.39, 0.29) is 18.0 Å². The SMILES string of the molecule is Fc1ccc(NCc2ccc(CSC(F)F)o2)c(F)c1F. The number of furan rings is 1. The monoisotopic (exact) mass is 323 g/mol. The zero-order chi connectivity index (χ0) is 15.4. The Labute approximate surface area is 121 Å². The molecule has 0 aliphatic rings. The molecule has 114 valence electrons. The average Bonchev–Trinajstić information content (AvgIpc) is 2.90. The normalized spacial score (nSPS) is 11.1. The Balaban J connectivity index is 1.96. The van der Waals surface area contributed by atoms with Gasteiger partial charge in [0, 0.05) is 0 Å². The van der Waals surface area contributed by atoms with Crippen molar-refractivity contribution in [3.8, 4) is 0 Å². The lowest BCUT2D eigenvalue weighted by Gasteiger charge is -2.06. The second-order valence-corrected chi connectivity index (χ2v) is 4.99. The Kier molecular flexibility index (Phi) is 5.11. The van der Waals surface area contributed by atoms with E-state index in [2.05, 4.69) is 5.32 Å². The van der Waals surface area contributed by atoms with Gasteiger partial charge in [0.1, 0.15) is 11.5 Å². The van der Waals surface area contributed by atoms with E-state index in [4.69, 9.17) is 4.42 Å². The topological polar surface area (TPSA) is 25.2 Å². The molecule has 0 aliphatic carbocycles. The van der Waals surface area contributed by atoms with Gasteiger partial charge in [-0.2, -0.15) is 8.78 Å². The predicted molar refractivity (Wildman–Crippen MR) is 69.6 cm³/mol. The molecule has 1 aromatic carbocycles. The zero-order valence-corrected chi connectivity index (χ0v) is 11.3. The number of thioether (sulfide) groups is 1. The third-order valence-electron chi connectivity index (χ3n) is 2.56. The predicted octanol–water partition coefficient (Wildman–Crippen LogP) is 4.76. The highest BCUT2D eigenvalue weighted by Gasteiger charge is 2.13. The minimum atomic E-state index is -2.49. The lowest BCUT2D eigenvalue weighted by atomic mass is 10.2. The van der Waals surface area contributed by atoms with E-state index in [1.807, 2.05) is 0 Å². The summed E-state index contributed by atoms with van der Waals surface area (Å²) in [5, 5.41) is 2.55. The van der Waals surface area contributed by atoms with Crippen molar-refractivity contribution in [3.63, 3.8) is 0 Å². The minimum absolute atomic E-state index is 0.0111. The third kappa shape index (κ3) is 4.13. The first-order valence-corrected chi connectivity index (χ1v) is 6.87. The fraction of sp³-hybridized carbons (Fsp3) is 0.231. The average molecular weight is 323 g/mol. The van der Waals surface area contributed by atoms with Gasteiger partial charge in [0.2, 0.25) is 0 Å². The van der Waals surface area contributed by atoms with Gasteiger partial charge < -0.3 is 9.73 Å². The van der Waals surface area contributed by atoms with Crippen molar-refractivity contribution in [1.82, 2.24) is 0 Å². The van der Waals surface area contributed by atoms with Gasteiger partial charge >= 0.3 is 0 Å². The lowest BCUT2D eigenvalue weighted by Crippen LogP contribution is -2.03. The van der Waals surface area contributed by atoms with E-state index in [0.29, 0.717) is 23.3 Å². The first kappa shape index (κ1) is 15.7. The van der Waals surface area contributed by atoms with Gasteiger partial charge in [0.25, 0.3) is 5.76 Å². The molecule has 0 unspecified atom stereocenters. The zero-order valence-electron chi connectivity index (χ0n) is 10.5. The Morgan fingerprint density at radius 3 is 2.43 bits per heavy atom. The van der Waals surface area contributed by atoms with E-state index in [1.54, 1.807) is 0 Å². The third-order valence-corrected chi connectivity index (χ3v) is 3.26. The summed E-state index contributed by atoms with van der Waals surface area (Å²) in [6, 6.07) is 4.91. The number of benzene rings is 1. The van der Waals surface area contributed by atoms with Crippen molar-refractivity contribution < 1.29 is 26.4 Å². The van der Waals surface area contributed by atoms with Gasteiger partial charge in [0.05, 0.1) is 18.0 Å². The molecule has 0 spiro atoms. The summed E-state index contributed by atoms with van der Waals surface area (Å²) >= 11 is 0.419. The number of anilines is 1. The highest BCUT2D eigenvalue weighted by atomic mass is 32.2. The van der Waals surface area contributed by atoms with E-state index in [0.717, 1.165) is 12.1 Å². The van der Waals surface area contributed by atoms with Crippen molar-refractivity contribution in [2.45, 2.75) is 18.1 Å². The maximum atomic E-state index is 13.4. The van der Waals surface area contributed by atoms with Gasteiger partial charge in [-0.25, -0.2) is 13.2 Å². The summed E-state index contributed by atoms with van der Waals surface area (Å²) in [6.45, 7) is 0.0152. The van der Waals surface area contributed by atoms with Crippen LogP contribution in [0, 0.1) is 17.5 Å². The second kappa shape index (κ2) is 6.84. The Morgan fingerprint density at radius 1 is 1.00 bits per heavy atom. The number of rotatable bonds is 6. The van der Waals surface area contributed by atoms with E-state index in [9.17, 15) is 22.0 Å². The van der Waals surface area contributed by atoms with Crippen LogP contribution in [0.25, 0.3) is 0 Å². The van der Waals surface area contributed by atoms with Crippen LogP contribution in [-0.4, -0.2) is 5.76 Å². The van der Waals surface area contributed by atoms with E-state index >= 15 is 0 Å². The summed E-state index contributed by atoms with van der Waals surface area (Å²) in [7, 11) is 0. The fourth-order valence-corrected chi connectivity index (χ4v) is 2.03. The standard InChI is InChI=1S/C13H10F5NOS/c14-9-3-4-10(12(16)11(9)15)19-5-7-1-2-8(20-7)6-21-13(17)18/h1-4,13,19H,5-6H2. The summed E-state index contributed by atoms with van der Waals surface area (Å²) in [5.74, 6) is -5.93. The van der Waals surface area contributed by atoms with Crippen LogP contribution in [0.5, 0.6) is 0 Å². The highest BCUT2D eigenvalue weighted by Crippen LogP contribution is 2.23. The largest absolute Gasteiger partial charge is 0.463 e. The quantitative estimate of drug-likeness (QED) is 0.613. The van der Waals surface area contributed by atoms with Crippen LogP contribution >= 0.6 is 11.8 Å². The number of nitrogens with one attached hydrogen (secondary N) is 1. The molecule has 1 heterocycles. The van der Waals surface area contributed by atoms with Gasteiger partial charge in [-0.15, -0.1) is 0 Å². The van der Waals surface area contributed by atoms with Crippen LogP contribution in [0.2, 0.25) is 0 Å². The number of halogens is 5. The first-order valence-electron chi connectivity index (χ1n) is 5.82. The van der Waals surface area contributed by atoms with Gasteiger partial charge in [-0.05, 0) is 24.3 Å². The number of hydrogen-bond donors (Lipinski definition) is 1. The Hall–Kier alpha value is -1.70. The Bertz CT molecular complexity index is 617. The molecule has 0 saturated heterocycles. The van der Waals surface area contributed by atoms with Gasteiger partial charge in [0.15, 0.2) is 17.5 Å². The highest BCUT2D eigenvalue weighted by molar-refractivity contribution is 7.98. The molecular weight excluding hydrogens is 313 g/mol. The summed E-state index contributed by atoms with van der Waals surface area (Å²) in [6.07, 6.45) is 0. The molecule has 1 aromatic heterocycles. The molecule has 0 aliphatic heterocycles. The summed E-state index contributed by atoms with van der Waals surface area (Å²) < 4.78 is 68.4. The molecule has 8 heteroatoms. The van der Waals surface area contributed by atoms with Gasteiger partial charge in [-0.1, -0.05) is 11.8 Å². The van der Waals surface area contributed by atoms with Crippen LogP contribution < -0.4 is 5.32 Å². The first-order chi connectivity index (χ1) is 9.97. The van der Waals surface area contributed by atoms with Crippen molar-refractivity contribution in [1.29, 1.82) is 0 Å². The molecule has 0 bridgehead atoms. The molecule has 0 radical (unpaired) electrons. The van der Waals surface area contributed by atoms with Gasteiger partial charge in [-0.3, -0.25) is 0 Å². The molecular formula is C13H10F5NOS. The maximum Gasteiger partial charge on any atom is 0.284 e. The van der Waals surface area contributed by atoms with Crippen LogP contribution in [0.3, 0.4) is 0 Å². The van der Waals surface area contributed by atoms with Crippen LogP contribution in [0.1, 0.15) is 11.5 Å². The molecule has 2 rings (SSSR count). The number of alkyl halides is 2. The smallest absolute Gasteiger partial charge is 0.284 e. The van der Waals surface area contributed by atoms with Crippen LogP contribution in [-0.2, 0) is 12.3 Å².